The summed E-state index contributed by atoms with van der Waals surface area (Å²) in [5.41, 5.74) is 0.881. The summed E-state index contributed by atoms with van der Waals surface area (Å²) in [7, 11) is 0. The Hall–Kier alpha value is -3.90. The van der Waals surface area contributed by atoms with Crippen LogP contribution >= 0.6 is 0 Å². The third kappa shape index (κ3) is 6.80. The van der Waals surface area contributed by atoms with Crippen molar-refractivity contribution in [1.29, 1.82) is 0 Å². The number of hydrogen-bond donors (Lipinski definition) is 2. The van der Waals surface area contributed by atoms with E-state index in [1.165, 1.54) is 48.5 Å². The minimum absolute atomic E-state index is 0.0459. The summed E-state index contributed by atoms with van der Waals surface area (Å²) in [4.78, 5) is 50.1. The molecule has 12 heteroatoms. The molecule has 2 aromatic rings. The number of carbonyl (C=O) groups is 2. The molecule has 12 nitrogen and oxygen atoms in total. The summed E-state index contributed by atoms with van der Waals surface area (Å²) in [6, 6.07) is 10.5. The number of carbonyl (C=O) groups excluding carboxylic acids is 2. The third-order valence-electron chi connectivity index (χ3n) is 6.11. The van der Waals surface area contributed by atoms with Crippen LogP contribution in [0.25, 0.3) is 0 Å². The summed E-state index contributed by atoms with van der Waals surface area (Å²) in [5, 5.41) is 27.2. The molecular formula is C23H28N6O6. The van der Waals surface area contributed by atoms with Gasteiger partial charge in [0, 0.05) is 61.8 Å². The standard InChI is InChI=1S/C23H28N6O6/c1-16(22(30)24-18-4-8-20(9-5-18)28(32)33)26-12-3-13-27(15-14-26)17(2)23(31)25-19-6-10-21(11-7-19)29(34)35/h4-11,16-17H,3,12-15H2,1-2H3,(H,24,30)(H,25,31). The van der Waals surface area contributed by atoms with Crippen molar-refractivity contribution in [3.05, 3.63) is 68.8 Å². The van der Waals surface area contributed by atoms with Gasteiger partial charge in [0.25, 0.3) is 11.4 Å². The Bertz CT molecular complexity index is 989. The Morgan fingerprint density at radius 2 is 1.06 bits per heavy atom. The van der Waals surface area contributed by atoms with Gasteiger partial charge in [0.05, 0.1) is 21.9 Å². The molecule has 2 amide bonds. The highest BCUT2D eigenvalue weighted by atomic mass is 16.6. The van der Waals surface area contributed by atoms with E-state index in [4.69, 9.17) is 0 Å². The van der Waals surface area contributed by atoms with Crippen molar-refractivity contribution in [2.75, 3.05) is 36.8 Å². The predicted molar refractivity (Wildman–Crippen MR) is 130 cm³/mol. The van der Waals surface area contributed by atoms with Crippen LogP contribution in [0.15, 0.2) is 48.5 Å². The molecule has 0 aliphatic carbocycles. The van der Waals surface area contributed by atoms with Crippen LogP contribution in [-0.4, -0.2) is 69.7 Å². The lowest BCUT2D eigenvalue weighted by atomic mass is 10.2. The minimum Gasteiger partial charge on any atom is -0.325 e. The van der Waals surface area contributed by atoms with Gasteiger partial charge in [0.1, 0.15) is 0 Å². The van der Waals surface area contributed by atoms with Crippen molar-refractivity contribution in [2.45, 2.75) is 32.4 Å². The fourth-order valence-corrected chi connectivity index (χ4v) is 3.89. The predicted octanol–water partition coefficient (Wildman–Crippen LogP) is 2.86. The first-order valence-electron chi connectivity index (χ1n) is 11.2. The summed E-state index contributed by atoms with van der Waals surface area (Å²) in [6.45, 7) is 6.15. The monoisotopic (exact) mass is 484 g/mol. The third-order valence-corrected chi connectivity index (χ3v) is 6.11. The van der Waals surface area contributed by atoms with Crippen LogP contribution in [0.5, 0.6) is 0 Å². The van der Waals surface area contributed by atoms with Crippen molar-refractivity contribution in [2.24, 2.45) is 0 Å². The van der Waals surface area contributed by atoms with Gasteiger partial charge in [0.15, 0.2) is 0 Å². The van der Waals surface area contributed by atoms with Gasteiger partial charge in [0.2, 0.25) is 11.8 Å². The molecule has 1 fully saturated rings. The number of benzene rings is 2. The van der Waals surface area contributed by atoms with Crippen LogP contribution in [-0.2, 0) is 9.59 Å². The van der Waals surface area contributed by atoms with Crippen molar-refractivity contribution in [1.82, 2.24) is 9.80 Å². The topological polar surface area (TPSA) is 151 Å². The van der Waals surface area contributed by atoms with Crippen molar-refractivity contribution >= 4 is 34.6 Å². The molecule has 2 atom stereocenters. The Kier molecular flexibility index (Phi) is 8.44. The number of nitro benzene ring substituents is 2. The van der Waals surface area contributed by atoms with Crippen LogP contribution < -0.4 is 10.6 Å². The van der Waals surface area contributed by atoms with E-state index in [2.05, 4.69) is 10.6 Å². The number of nitro groups is 2. The number of hydrogen-bond acceptors (Lipinski definition) is 8. The average Bonchev–Trinajstić information content (AvgIpc) is 3.10. The second-order valence-corrected chi connectivity index (χ2v) is 8.36. The highest BCUT2D eigenvalue weighted by Crippen LogP contribution is 2.18. The van der Waals surface area contributed by atoms with Gasteiger partial charge < -0.3 is 10.6 Å². The minimum atomic E-state index is -0.496. The molecule has 1 saturated heterocycles. The zero-order valence-electron chi connectivity index (χ0n) is 19.5. The maximum Gasteiger partial charge on any atom is 0.269 e. The van der Waals surface area contributed by atoms with Crippen LogP contribution in [0.1, 0.15) is 20.3 Å². The first kappa shape index (κ1) is 25.7. The van der Waals surface area contributed by atoms with Crippen LogP contribution in [0, 0.1) is 20.2 Å². The highest BCUT2D eigenvalue weighted by molar-refractivity contribution is 5.95. The van der Waals surface area contributed by atoms with E-state index < -0.39 is 21.9 Å². The molecule has 1 heterocycles. The zero-order valence-corrected chi connectivity index (χ0v) is 19.5. The Labute approximate surface area is 202 Å². The van der Waals surface area contributed by atoms with Crippen molar-refractivity contribution in [3.8, 4) is 0 Å². The molecule has 0 aromatic heterocycles. The van der Waals surface area contributed by atoms with Crippen LogP contribution in [0.3, 0.4) is 0 Å². The Balaban J connectivity index is 1.52. The first-order valence-corrected chi connectivity index (χ1v) is 11.2. The van der Waals surface area contributed by atoms with Crippen LogP contribution in [0.4, 0.5) is 22.7 Å². The summed E-state index contributed by atoms with van der Waals surface area (Å²) < 4.78 is 0. The quantitative estimate of drug-likeness (QED) is 0.429. The fraction of sp³-hybridized carbons (Fsp3) is 0.391. The van der Waals surface area contributed by atoms with Gasteiger partial charge in [-0.2, -0.15) is 0 Å². The lowest BCUT2D eigenvalue weighted by Crippen LogP contribution is -2.46. The summed E-state index contributed by atoms with van der Waals surface area (Å²) in [5.74, 6) is -0.424. The molecule has 1 aliphatic heterocycles. The average molecular weight is 485 g/mol. The van der Waals surface area contributed by atoms with Gasteiger partial charge in [-0.05, 0) is 44.5 Å². The van der Waals surface area contributed by atoms with E-state index in [-0.39, 0.29) is 23.2 Å². The van der Waals surface area contributed by atoms with E-state index in [0.29, 0.717) is 37.6 Å². The number of non-ortho nitro benzene ring substituents is 2. The van der Waals surface area contributed by atoms with Crippen LogP contribution in [0.2, 0.25) is 0 Å². The van der Waals surface area contributed by atoms with E-state index in [9.17, 15) is 29.8 Å². The molecule has 2 aromatic carbocycles. The fourth-order valence-electron chi connectivity index (χ4n) is 3.89. The number of anilines is 2. The molecule has 35 heavy (non-hydrogen) atoms. The highest BCUT2D eigenvalue weighted by Gasteiger charge is 2.28. The van der Waals surface area contributed by atoms with Gasteiger partial charge >= 0.3 is 0 Å². The van der Waals surface area contributed by atoms with Gasteiger partial charge in [-0.15, -0.1) is 0 Å². The molecule has 3 rings (SSSR count). The smallest absolute Gasteiger partial charge is 0.269 e. The normalized spacial score (nSPS) is 16.5. The first-order chi connectivity index (χ1) is 16.7. The zero-order chi connectivity index (χ0) is 25.5. The lowest BCUT2D eigenvalue weighted by molar-refractivity contribution is -0.385. The van der Waals surface area contributed by atoms with E-state index >= 15 is 0 Å². The van der Waals surface area contributed by atoms with E-state index in [1.807, 2.05) is 9.80 Å². The number of nitrogens with zero attached hydrogens (tertiary/aromatic N) is 4. The lowest BCUT2D eigenvalue weighted by Gasteiger charge is -2.28. The maximum absolute atomic E-state index is 12.7. The van der Waals surface area contributed by atoms with Crippen molar-refractivity contribution in [3.63, 3.8) is 0 Å². The summed E-state index contributed by atoms with van der Waals surface area (Å²) >= 11 is 0. The van der Waals surface area contributed by atoms with E-state index in [0.717, 1.165) is 6.42 Å². The molecule has 2 N–H and O–H groups in total. The second kappa shape index (κ2) is 11.5. The van der Waals surface area contributed by atoms with Gasteiger partial charge in [-0.25, -0.2) is 0 Å². The van der Waals surface area contributed by atoms with Gasteiger partial charge in [-0.3, -0.25) is 39.6 Å². The number of nitrogens with one attached hydrogen (secondary N) is 2. The molecule has 186 valence electrons. The Morgan fingerprint density at radius 3 is 1.37 bits per heavy atom. The molecule has 0 bridgehead atoms. The maximum atomic E-state index is 12.7. The molecular weight excluding hydrogens is 456 g/mol. The molecule has 1 aliphatic rings. The Morgan fingerprint density at radius 1 is 0.714 bits per heavy atom. The van der Waals surface area contributed by atoms with Crippen molar-refractivity contribution < 1.29 is 19.4 Å². The van der Waals surface area contributed by atoms with E-state index in [1.54, 1.807) is 13.8 Å². The second-order valence-electron chi connectivity index (χ2n) is 8.36. The summed E-state index contributed by atoms with van der Waals surface area (Å²) in [6.07, 6.45) is 0.768. The molecule has 0 radical (unpaired) electrons. The van der Waals surface area contributed by atoms with Gasteiger partial charge in [-0.1, -0.05) is 0 Å². The number of rotatable bonds is 8. The SMILES string of the molecule is CC(C(=O)Nc1ccc([N+](=O)[O-])cc1)N1CCCN(C(C)C(=O)Nc2ccc([N+](=O)[O-])cc2)CC1. The molecule has 2 unspecified atom stereocenters. The largest absolute Gasteiger partial charge is 0.325 e. The molecule has 0 spiro atoms. The molecule has 0 saturated carbocycles. The number of amides is 2.